The van der Waals surface area contributed by atoms with Gasteiger partial charge >= 0.3 is 0 Å². The molecule has 0 fully saturated rings. The zero-order valence-electron chi connectivity index (χ0n) is 10.7. The quantitative estimate of drug-likeness (QED) is 0.922. The molecule has 1 N–H and O–H groups in total. The van der Waals surface area contributed by atoms with E-state index < -0.39 is 0 Å². The van der Waals surface area contributed by atoms with E-state index in [1.807, 2.05) is 24.6 Å². The van der Waals surface area contributed by atoms with Crippen molar-refractivity contribution in [3.8, 4) is 5.88 Å². The van der Waals surface area contributed by atoms with Crippen molar-refractivity contribution in [2.24, 2.45) is 7.05 Å². The molecule has 102 valence electrons. The lowest BCUT2D eigenvalue weighted by atomic mass is 10.4. The summed E-state index contributed by atoms with van der Waals surface area (Å²) >= 11 is 12.0. The second-order valence-electron chi connectivity index (χ2n) is 3.86. The summed E-state index contributed by atoms with van der Waals surface area (Å²) < 4.78 is 7.10. The van der Waals surface area contributed by atoms with Crippen LogP contribution in [0, 0.1) is 0 Å². The van der Waals surface area contributed by atoms with Crippen LogP contribution in [-0.4, -0.2) is 21.1 Å². The van der Waals surface area contributed by atoms with Gasteiger partial charge in [0.2, 0.25) is 5.88 Å². The Hall–Kier alpha value is -1.46. The second-order valence-corrected chi connectivity index (χ2v) is 4.63. The molecule has 7 heteroatoms. The summed E-state index contributed by atoms with van der Waals surface area (Å²) in [5.41, 5.74) is 0.957. The lowest BCUT2D eigenvalue weighted by molar-refractivity contribution is 0.325. The summed E-state index contributed by atoms with van der Waals surface area (Å²) in [5.74, 6) is 1.13. The molecule has 0 saturated heterocycles. The van der Waals surface area contributed by atoms with Crippen LogP contribution in [0.4, 0.5) is 5.82 Å². The van der Waals surface area contributed by atoms with E-state index in [1.54, 1.807) is 12.4 Å². The Labute approximate surface area is 121 Å². The average Bonchev–Trinajstić information content (AvgIpc) is 2.65. The Morgan fingerprint density at radius 3 is 2.79 bits per heavy atom. The highest BCUT2D eigenvalue weighted by Gasteiger charge is 2.09. The molecule has 0 saturated carbocycles. The maximum Gasteiger partial charge on any atom is 0.234 e. The van der Waals surface area contributed by atoms with Crippen LogP contribution in [0.3, 0.4) is 0 Å². The van der Waals surface area contributed by atoms with E-state index in [0.717, 1.165) is 5.69 Å². The van der Waals surface area contributed by atoms with Crippen LogP contribution >= 0.6 is 23.2 Å². The molecule has 0 aliphatic heterocycles. The first kappa shape index (κ1) is 14.0. The molecule has 0 aliphatic rings. The van der Waals surface area contributed by atoms with Gasteiger partial charge in [-0.05, 0) is 13.0 Å². The molecule has 0 bridgehead atoms. The third kappa shape index (κ3) is 3.30. The number of aromatic nitrogens is 3. The fourth-order valence-electron chi connectivity index (χ4n) is 1.59. The van der Waals surface area contributed by atoms with E-state index in [-0.39, 0.29) is 0 Å². The maximum atomic E-state index is 6.00. The standard InChI is InChI=1S/C12H14Cl2N4O/c1-3-19-11-7-15-6-10(17-11)16-5-8-4-9(13)12(14)18(8)2/h4,6-7H,3,5H2,1-2H3,(H,16,17). The molecule has 0 radical (unpaired) electrons. The topological polar surface area (TPSA) is 52.0 Å². The predicted octanol–water partition coefficient (Wildman–Crippen LogP) is 3.13. The van der Waals surface area contributed by atoms with Gasteiger partial charge in [0.05, 0.1) is 30.6 Å². The Morgan fingerprint density at radius 2 is 2.16 bits per heavy atom. The third-order valence-electron chi connectivity index (χ3n) is 2.57. The van der Waals surface area contributed by atoms with Gasteiger partial charge in [0, 0.05) is 12.7 Å². The number of hydrogen-bond acceptors (Lipinski definition) is 4. The number of anilines is 1. The first-order valence-corrected chi connectivity index (χ1v) is 6.55. The van der Waals surface area contributed by atoms with Crippen molar-refractivity contribution < 1.29 is 4.74 Å². The maximum absolute atomic E-state index is 6.00. The number of nitrogens with zero attached hydrogens (tertiary/aromatic N) is 3. The lowest BCUT2D eigenvalue weighted by Gasteiger charge is -2.08. The van der Waals surface area contributed by atoms with Crippen LogP contribution in [-0.2, 0) is 13.6 Å². The molecule has 2 rings (SSSR count). The first-order valence-electron chi connectivity index (χ1n) is 5.80. The predicted molar refractivity (Wildman–Crippen MR) is 76.0 cm³/mol. The number of rotatable bonds is 5. The van der Waals surface area contributed by atoms with Gasteiger partial charge in [-0.15, -0.1) is 0 Å². The number of hydrogen-bond donors (Lipinski definition) is 1. The molecule has 19 heavy (non-hydrogen) atoms. The van der Waals surface area contributed by atoms with Crippen LogP contribution in [0.25, 0.3) is 0 Å². The summed E-state index contributed by atoms with van der Waals surface area (Å²) in [5, 5.41) is 4.21. The van der Waals surface area contributed by atoms with Gasteiger partial charge in [-0.3, -0.25) is 4.98 Å². The molecule has 5 nitrogen and oxygen atoms in total. The molecular formula is C12H14Cl2N4O. The van der Waals surface area contributed by atoms with Crippen LogP contribution in [0.1, 0.15) is 12.6 Å². The molecule has 0 aliphatic carbocycles. The first-order chi connectivity index (χ1) is 9.11. The number of nitrogens with one attached hydrogen (secondary N) is 1. The van der Waals surface area contributed by atoms with Crippen molar-refractivity contribution in [3.05, 3.63) is 34.3 Å². The molecular weight excluding hydrogens is 287 g/mol. The van der Waals surface area contributed by atoms with E-state index >= 15 is 0 Å². The second kappa shape index (κ2) is 6.12. The van der Waals surface area contributed by atoms with Crippen LogP contribution in [0.15, 0.2) is 18.5 Å². The van der Waals surface area contributed by atoms with E-state index in [1.165, 1.54) is 0 Å². The molecule has 2 aromatic rings. The third-order valence-corrected chi connectivity index (χ3v) is 3.41. The Morgan fingerprint density at radius 1 is 1.37 bits per heavy atom. The molecule has 0 amide bonds. The minimum atomic E-state index is 0.496. The highest BCUT2D eigenvalue weighted by atomic mass is 35.5. The zero-order chi connectivity index (χ0) is 13.8. The van der Waals surface area contributed by atoms with E-state index in [2.05, 4.69) is 15.3 Å². The van der Waals surface area contributed by atoms with Gasteiger partial charge in [0.25, 0.3) is 0 Å². The molecule has 0 aromatic carbocycles. The Balaban J connectivity index is 2.05. The van der Waals surface area contributed by atoms with Crippen LogP contribution < -0.4 is 10.1 Å². The minimum absolute atomic E-state index is 0.496. The Bertz CT molecular complexity index is 571. The molecule has 2 aromatic heterocycles. The minimum Gasteiger partial charge on any atom is -0.477 e. The van der Waals surface area contributed by atoms with E-state index in [9.17, 15) is 0 Å². The highest BCUT2D eigenvalue weighted by Crippen LogP contribution is 2.25. The summed E-state index contributed by atoms with van der Waals surface area (Å²) in [6.45, 7) is 3.00. The summed E-state index contributed by atoms with van der Waals surface area (Å²) in [7, 11) is 1.85. The number of ether oxygens (including phenoxy) is 1. The largest absolute Gasteiger partial charge is 0.477 e. The van der Waals surface area contributed by atoms with Crippen LogP contribution in [0.5, 0.6) is 5.88 Å². The smallest absolute Gasteiger partial charge is 0.234 e. The number of halogens is 2. The monoisotopic (exact) mass is 300 g/mol. The van der Waals surface area contributed by atoms with Crippen molar-refractivity contribution in [3.63, 3.8) is 0 Å². The summed E-state index contributed by atoms with van der Waals surface area (Å²) in [4.78, 5) is 8.32. The van der Waals surface area contributed by atoms with Crippen LogP contribution in [0.2, 0.25) is 10.2 Å². The van der Waals surface area contributed by atoms with E-state index in [0.29, 0.717) is 35.0 Å². The molecule has 0 atom stereocenters. The molecule has 0 unspecified atom stereocenters. The van der Waals surface area contributed by atoms with Crippen molar-refractivity contribution >= 4 is 29.0 Å². The van der Waals surface area contributed by atoms with Crippen molar-refractivity contribution in [1.29, 1.82) is 0 Å². The zero-order valence-corrected chi connectivity index (χ0v) is 12.2. The SMILES string of the molecule is CCOc1cncc(NCc2cc(Cl)c(Cl)n2C)n1. The van der Waals surface area contributed by atoms with Gasteiger partial charge in [-0.25, -0.2) is 0 Å². The highest BCUT2D eigenvalue weighted by molar-refractivity contribution is 6.41. The average molecular weight is 301 g/mol. The lowest BCUT2D eigenvalue weighted by Crippen LogP contribution is -2.06. The normalized spacial score (nSPS) is 10.5. The van der Waals surface area contributed by atoms with Crippen molar-refractivity contribution in [2.45, 2.75) is 13.5 Å². The van der Waals surface area contributed by atoms with Gasteiger partial charge in [0.15, 0.2) is 0 Å². The van der Waals surface area contributed by atoms with Gasteiger partial charge in [-0.1, -0.05) is 23.2 Å². The van der Waals surface area contributed by atoms with E-state index in [4.69, 9.17) is 27.9 Å². The summed E-state index contributed by atoms with van der Waals surface area (Å²) in [6.07, 6.45) is 3.21. The fourth-order valence-corrected chi connectivity index (χ4v) is 2.01. The van der Waals surface area contributed by atoms with Crippen molar-refractivity contribution in [2.75, 3.05) is 11.9 Å². The fraction of sp³-hybridized carbons (Fsp3) is 0.333. The van der Waals surface area contributed by atoms with Crippen molar-refractivity contribution in [1.82, 2.24) is 14.5 Å². The van der Waals surface area contributed by atoms with Gasteiger partial charge in [-0.2, -0.15) is 4.98 Å². The van der Waals surface area contributed by atoms with Gasteiger partial charge in [0.1, 0.15) is 11.0 Å². The molecule has 2 heterocycles. The Kier molecular flexibility index (Phi) is 4.50. The summed E-state index contributed by atoms with van der Waals surface area (Å²) in [6, 6.07) is 1.82. The van der Waals surface area contributed by atoms with Gasteiger partial charge < -0.3 is 14.6 Å². The molecule has 0 spiro atoms.